The Bertz CT molecular complexity index is 2000. The van der Waals surface area contributed by atoms with Crippen LogP contribution in [0.25, 0.3) is 0 Å². The van der Waals surface area contributed by atoms with Crippen LogP contribution in [-0.2, 0) is 19.9 Å². The Morgan fingerprint density at radius 1 is 0.906 bits per heavy atom. The van der Waals surface area contributed by atoms with E-state index in [4.69, 9.17) is 16.3 Å². The third-order valence-electron chi connectivity index (χ3n) is 7.59. The SMILES string of the molecule is O=C(NCC[C@H](NC(=O)c1ccc(Nc2nc(NC3(c4ccc(Cl)cc4)CC3)nc(OCC(F)(F)F)n2)cc1)C(=O)O)C(=O)Nc1ccc(F)cc1F. The lowest BCUT2D eigenvalue weighted by molar-refractivity contribution is -0.154. The summed E-state index contributed by atoms with van der Waals surface area (Å²) in [6, 6.07) is 12.6. The van der Waals surface area contributed by atoms with Gasteiger partial charge in [0, 0.05) is 28.9 Å². The van der Waals surface area contributed by atoms with Crippen molar-refractivity contribution in [1.82, 2.24) is 25.6 Å². The van der Waals surface area contributed by atoms with Gasteiger partial charge in [0.05, 0.1) is 11.2 Å². The molecule has 20 heteroatoms. The van der Waals surface area contributed by atoms with Crippen LogP contribution >= 0.6 is 11.6 Å². The smallest absolute Gasteiger partial charge is 0.422 e. The van der Waals surface area contributed by atoms with E-state index < -0.39 is 71.4 Å². The zero-order chi connectivity index (χ0) is 38.3. The number of halogens is 6. The van der Waals surface area contributed by atoms with Crippen molar-refractivity contribution in [2.24, 2.45) is 0 Å². The van der Waals surface area contributed by atoms with Crippen molar-refractivity contribution in [3.8, 4) is 6.01 Å². The van der Waals surface area contributed by atoms with E-state index in [2.05, 4.69) is 36.2 Å². The molecule has 1 aliphatic rings. The highest BCUT2D eigenvalue weighted by Crippen LogP contribution is 2.48. The van der Waals surface area contributed by atoms with Gasteiger partial charge in [-0.1, -0.05) is 23.7 Å². The largest absolute Gasteiger partial charge is 0.480 e. The number of anilines is 4. The Labute approximate surface area is 301 Å². The molecule has 0 saturated heterocycles. The second-order valence-electron chi connectivity index (χ2n) is 11.6. The van der Waals surface area contributed by atoms with Crippen molar-refractivity contribution >= 4 is 58.6 Å². The number of nitrogens with one attached hydrogen (secondary N) is 5. The first kappa shape index (κ1) is 38.1. The number of nitrogens with zero attached hydrogens (tertiary/aromatic N) is 3. The number of ether oxygens (including phenoxy) is 1. The Balaban J connectivity index is 1.19. The molecule has 1 aliphatic carbocycles. The van der Waals surface area contributed by atoms with E-state index in [0.717, 1.165) is 17.7 Å². The van der Waals surface area contributed by atoms with Crippen LogP contribution in [0.5, 0.6) is 6.01 Å². The lowest BCUT2D eigenvalue weighted by atomic mass is 10.1. The number of carboxylic acid groups (broad SMARTS) is 1. The Morgan fingerprint density at radius 2 is 1.58 bits per heavy atom. The van der Waals surface area contributed by atoms with Crippen LogP contribution in [0.4, 0.5) is 45.2 Å². The number of hydrogen-bond donors (Lipinski definition) is 6. The van der Waals surface area contributed by atoms with Gasteiger partial charge in [-0.25, -0.2) is 13.6 Å². The fourth-order valence-electron chi connectivity index (χ4n) is 4.79. The molecule has 0 spiro atoms. The maximum atomic E-state index is 13.8. The summed E-state index contributed by atoms with van der Waals surface area (Å²) in [5.74, 6) is -7.05. The number of rotatable bonds is 14. The summed E-state index contributed by atoms with van der Waals surface area (Å²) in [7, 11) is 0. The van der Waals surface area contributed by atoms with Crippen molar-refractivity contribution in [3.63, 3.8) is 0 Å². The zero-order valence-electron chi connectivity index (χ0n) is 27.1. The minimum Gasteiger partial charge on any atom is -0.480 e. The zero-order valence-corrected chi connectivity index (χ0v) is 27.8. The molecule has 1 heterocycles. The highest BCUT2D eigenvalue weighted by Gasteiger charge is 2.45. The van der Waals surface area contributed by atoms with Gasteiger partial charge in [-0.3, -0.25) is 14.4 Å². The van der Waals surface area contributed by atoms with Gasteiger partial charge < -0.3 is 36.4 Å². The summed E-state index contributed by atoms with van der Waals surface area (Å²) >= 11 is 6.00. The van der Waals surface area contributed by atoms with Crippen molar-refractivity contribution in [3.05, 3.63) is 94.5 Å². The molecule has 53 heavy (non-hydrogen) atoms. The molecule has 4 aromatic rings. The van der Waals surface area contributed by atoms with E-state index >= 15 is 0 Å². The lowest BCUT2D eigenvalue weighted by Crippen LogP contribution is -2.44. The van der Waals surface area contributed by atoms with Crippen molar-refractivity contribution in [2.45, 2.75) is 37.0 Å². The minimum atomic E-state index is -4.66. The average Bonchev–Trinajstić information content (AvgIpc) is 3.88. The number of amides is 3. The third-order valence-corrected chi connectivity index (χ3v) is 7.84. The van der Waals surface area contributed by atoms with Gasteiger partial charge in [-0.15, -0.1) is 0 Å². The van der Waals surface area contributed by atoms with Crippen LogP contribution in [0.1, 0.15) is 35.2 Å². The molecule has 14 nitrogen and oxygen atoms in total. The Hall–Kier alpha value is -6.11. The summed E-state index contributed by atoms with van der Waals surface area (Å²) in [4.78, 5) is 61.0. The molecule has 0 unspecified atom stereocenters. The fraction of sp³-hybridized carbons (Fsp3) is 0.242. The molecule has 3 amide bonds. The van der Waals surface area contributed by atoms with E-state index in [0.29, 0.717) is 23.9 Å². The van der Waals surface area contributed by atoms with Gasteiger partial charge in [0.2, 0.25) is 11.9 Å². The van der Waals surface area contributed by atoms with Crippen molar-refractivity contribution < 1.29 is 51.0 Å². The standard InChI is InChI=1S/C33H28ClF5N8O6/c34-19-5-3-18(4-6-19)32(12-13-32)47-30-44-29(45-31(46-30)53-16-33(37,38)39)41-21-8-1-17(2-9-21)25(48)43-24(28(51)52)11-14-40-26(49)27(50)42-23-10-7-20(35)15-22(23)36/h1-10,15,24H,11-14,16H2,(H,40,49)(H,42,50)(H,43,48)(H,51,52)(H2,41,44,45,46,47)/t24-/m0/s1. The maximum Gasteiger partial charge on any atom is 0.422 e. The van der Waals surface area contributed by atoms with Gasteiger partial charge in [0.15, 0.2) is 6.61 Å². The average molecular weight is 763 g/mol. The topological polar surface area (TPSA) is 197 Å². The summed E-state index contributed by atoms with van der Waals surface area (Å²) in [6.45, 7) is -2.03. The minimum absolute atomic E-state index is 0.0115. The van der Waals surface area contributed by atoms with E-state index in [-0.39, 0.29) is 36.1 Å². The number of aliphatic carboxylic acids is 1. The van der Waals surface area contributed by atoms with Crippen molar-refractivity contribution in [2.75, 3.05) is 29.1 Å². The van der Waals surface area contributed by atoms with Crippen LogP contribution < -0.4 is 31.3 Å². The molecule has 0 bridgehead atoms. The molecule has 5 rings (SSSR count). The van der Waals surface area contributed by atoms with Crippen molar-refractivity contribution in [1.29, 1.82) is 0 Å². The lowest BCUT2D eigenvalue weighted by Gasteiger charge is -2.19. The first-order chi connectivity index (χ1) is 25.1. The van der Waals surface area contributed by atoms with E-state index in [1.807, 2.05) is 17.4 Å². The molecular formula is C33H28ClF5N8O6. The van der Waals surface area contributed by atoms with Crippen LogP contribution in [0.15, 0.2) is 66.7 Å². The highest BCUT2D eigenvalue weighted by molar-refractivity contribution is 6.39. The van der Waals surface area contributed by atoms with E-state index in [1.165, 1.54) is 24.3 Å². The van der Waals surface area contributed by atoms with Gasteiger partial charge in [-0.2, -0.15) is 28.1 Å². The van der Waals surface area contributed by atoms with Crippen LogP contribution in [0, 0.1) is 11.6 Å². The van der Waals surface area contributed by atoms with Gasteiger partial charge in [-0.05, 0) is 73.4 Å². The molecule has 1 fully saturated rings. The molecular weight excluding hydrogens is 735 g/mol. The molecule has 0 radical (unpaired) electrons. The number of hydrogen-bond acceptors (Lipinski definition) is 10. The summed E-state index contributed by atoms with van der Waals surface area (Å²) < 4.78 is 70.3. The summed E-state index contributed by atoms with van der Waals surface area (Å²) in [5.41, 5.74) is 0.129. The predicted octanol–water partition coefficient (Wildman–Crippen LogP) is 4.92. The quantitative estimate of drug-likeness (QED) is 0.0754. The number of benzene rings is 3. The number of carbonyl (C=O) groups excluding carboxylic acids is 3. The number of carboxylic acids is 1. The van der Waals surface area contributed by atoms with E-state index in [9.17, 15) is 46.2 Å². The maximum absolute atomic E-state index is 13.8. The third kappa shape index (κ3) is 10.7. The van der Waals surface area contributed by atoms with Gasteiger partial charge in [0.25, 0.3) is 5.91 Å². The molecule has 0 aliphatic heterocycles. The second kappa shape index (κ2) is 16.1. The van der Waals surface area contributed by atoms with E-state index in [1.54, 1.807) is 12.1 Å². The first-order valence-electron chi connectivity index (χ1n) is 15.5. The van der Waals surface area contributed by atoms with Gasteiger partial charge >= 0.3 is 30.0 Å². The highest BCUT2D eigenvalue weighted by atomic mass is 35.5. The Morgan fingerprint density at radius 3 is 2.21 bits per heavy atom. The second-order valence-corrected chi connectivity index (χ2v) is 12.0. The van der Waals surface area contributed by atoms with Gasteiger partial charge in [0.1, 0.15) is 17.7 Å². The summed E-state index contributed by atoms with van der Waals surface area (Å²) in [5, 5.41) is 22.5. The number of alkyl halides is 3. The molecule has 6 N–H and O–H groups in total. The normalized spacial score (nSPS) is 13.6. The molecule has 1 saturated carbocycles. The summed E-state index contributed by atoms with van der Waals surface area (Å²) in [6.07, 6.45) is -3.65. The fourth-order valence-corrected chi connectivity index (χ4v) is 4.91. The van der Waals surface area contributed by atoms with Crippen LogP contribution in [0.3, 0.4) is 0 Å². The predicted molar refractivity (Wildman–Crippen MR) is 179 cm³/mol. The van der Waals surface area contributed by atoms with Crippen LogP contribution in [0.2, 0.25) is 5.02 Å². The number of carbonyl (C=O) groups is 4. The molecule has 3 aromatic carbocycles. The molecule has 1 aromatic heterocycles. The monoisotopic (exact) mass is 762 g/mol. The number of aromatic nitrogens is 3. The first-order valence-corrected chi connectivity index (χ1v) is 15.9. The Kier molecular flexibility index (Phi) is 11.6. The molecule has 1 atom stereocenters. The molecule has 278 valence electrons. The van der Waals surface area contributed by atoms with Crippen LogP contribution in [-0.4, -0.2) is 69.1 Å².